The van der Waals surface area contributed by atoms with Crippen LogP contribution in [0.1, 0.15) is 16.1 Å². The van der Waals surface area contributed by atoms with Crippen molar-refractivity contribution in [2.75, 3.05) is 0 Å². The molecule has 18 heavy (non-hydrogen) atoms. The molecule has 90 valence electrons. The summed E-state index contributed by atoms with van der Waals surface area (Å²) in [5, 5.41) is 13.6. The molecule has 0 saturated heterocycles. The van der Waals surface area contributed by atoms with Crippen LogP contribution in [0.4, 0.5) is 0 Å². The lowest BCUT2D eigenvalue weighted by atomic mass is 10.1. The first kappa shape index (κ1) is 10.6. The quantitative estimate of drug-likeness (QED) is 0.724. The molecule has 0 aliphatic rings. The number of aromatic amines is 1. The van der Waals surface area contributed by atoms with Crippen molar-refractivity contribution in [1.29, 1.82) is 0 Å². The van der Waals surface area contributed by atoms with Crippen LogP contribution in [0, 0.1) is 6.92 Å². The highest BCUT2D eigenvalue weighted by Crippen LogP contribution is 2.28. The van der Waals surface area contributed by atoms with Crippen molar-refractivity contribution in [2.45, 2.75) is 6.92 Å². The summed E-state index contributed by atoms with van der Waals surface area (Å²) in [5.74, 6) is -1.28. The Morgan fingerprint density at radius 3 is 2.94 bits per heavy atom. The number of carbonyl (C=O) groups is 1. The lowest BCUT2D eigenvalue weighted by Gasteiger charge is -1.94. The Morgan fingerprint density at radius 2 is 2.22 bits per heavy atom. The first-order chi connectivity index (χ1) is 8.65. The summed E-state index contributed by atoms with van der Waals surface area (Å²) in [4.78, 5) is 13.9. The average Bonchev–Trinajstić information content (AvgIpc) is 2.92. The average molecular weight is 242 g/mol. The monoisotopic (exact) mass is 242 g/mol. The molecule has 0 fully saturated rings. The number of aryl methyl sites for hydroxylation is 1. The summed E-state index contributed by atoms with van der Waals surface area (Å²) in [6, 6.07) is 7.42. The Bertz CT molecular complexity index is 740. The zero-order chi connectivity index (χ0) is 12.7. The summed E-state index contributed by atoms with van der Waals surface area (Å²) in [6.07, 6.45) is 1.80. The maximum Gasteiger partial charge on any atom is 0.374 e. The highest BCUT2D eigenvalue weighted by molar-refractivity contribution is 5.96. The predicted octanol–water partition coefficient (Wildman–Crippen LogP) is 2.83. The number of benzene rings is 1. The molecule has 2 aromatic heterocycles. The molecule has 3 aromatic rings. The van der Waals surface area contributed by atoms with Crippen LogP contribution in [0.15, 0.2) is 35.0 Å². The van der Waals surface area contributed by atoms with Gasteiger partial charge in [-0.2, -0.15) is 0 Å². The van der Waals surface area contributed by atoms with Crippen molar-refractivity contribution in [3.63, 3.8) is 0 Å². The predicted molar refractivity (Wildman–Crippen MR) is 65.5 cm³/mol. The standard InChI is InChI=1S/C13H10N2O3/c1-7-2-3-8-9(6-14-10(8)4-7)11-5-12(13(16)17)18-15-11/h2-6,14H,1H3,(H,16,17). The second kappa shape index (κ2) is 3.73. The van der Waals surface area contributed by atoms with E-state index in [1.165, 1.54) is 6.07 Å². The first-order valence-corrected chi connectivity index (χ1v) is 5.43. The number of carboxylic acid groups (broad SMARTS) is 1. The number of hydrogen-bond donors (Lipinski definition) is 2. The minimum atomic E-state index is -1.12. The molecule has 0 aliphatic carbocycles. The molecule has 0 radical (unpaired) electrons. The number of nitrogens with zero attached hydrogens (tertiary/aromatic N) is 1. The van der Waals surface area contributed by atoms with Crippen molar-refractivity contribution in [3.05, 3.63) is 41.8 Å². The van der Waals surface area contributed by atoms with E-state index in [0.717, 1.165) is 22.0 Å². The third-order valence-electron chi connectivity index (χ3n) is 2.83. The van der Waals surface area contributed by atoms with Gasteiger partial charge in [0.1, 0.15) is 5.69 Å². The zero-order valence-electron chi connectivity index (χ0n) is 9.60. The van der Waals surface area contributed by atoms with Gasteiger partial charge in [0.05, 0.1) is 0 Å². The van der Waals surface area contributed by atoms with Crippen molar-refractivity contribution in [2.24, 2.45) is 0 Å². The van der Waals surface area contributed by atoms with Gasteiger partial charge >= 0.3 is 5.97 Å². The molecule has 1 aromatic carbocycles. The molecule has 0 bridgehead atoms. The van der Waals surface area contributed by atoms with Crippen LogP contribution >= 0.6 is 0 Å². The van der Waals surface area contributed by atoms with Gasteiger partial charge < -0.3 is 14.6 Å². The molecule has 0 unspecified atom stereocenters. The van der Waals surface area contributed by atoms with E-state index in [1.807, 2.05) is 25.1 Å². The van der Waals surface area contributed by atoms with Gasteiger partial charge in [0.2, 0.25) is 5.76 Å². The summed E-state index contributed by atoms with van der Waals surface area (Å²) in [5.41, 5.74) is 3.50. The summed E-state index contributed by atoms with van der Waals surface area (Å²) < 4.78 is 4.76. The van der Waals surface area contributed by atoms with E-state index in [4.69, 9.17) is 9.63 Å². The van der Waals surface area contributed by atoms with Crippen molar-refractivity contribution >= 4 is 16.9 Å². The van der Waals surface area contributed by atoms with Crippen LogP contribution in [-0.2, 0) is 0 Å². The van der Waals surface area contributed by atoms with Gasteiger partial charge in [0, 0.05) is 28.7 Å². The van der Waals surface area contributed by atoms with Crippen LogP contribution in [0.2, 0.25) is 0 Å². The van der Waals surface area contributed by atoms with E-state index < -0.39 is 5.97 Å². The number of aromatic carboxylic acids is 1. The van der Waals surface area contributed by atoms with Crippen molar-refractivity contribution in [3.8, 4) is 11.3 Å². The maximum atomic E-state index is 10.8. The van der Waals surface area contributed by atoms with Crippen LogP contribution < -0.4 is 0 Å². The van der Waals surface area contributed by atoms with Crippen LogP contribution in [0.3, 0.4) is 0 Å². The number of nitrogens with one attached hydrogen (secondary N) is 1. The van der Waals surface area contributed by atoms with Gasteiger partial charge in [-0.25, -0.2) is 4.79 Å². The Morgan fingerprint density at radius 1 is 1.39 bits per heavy atom. The second-order valence-electron chi connectivity index (χ2n) is 4.13. The number of carboxylic acids is 1. The van der Waals surface area contributed by atoms with E-state index in [0.29, 0.717) is 5.69 Å². The highest BCUT2D eigenvalue weighted by atomic mass is 16.5. The number of H-pyrrole nitrogens is 1. The Hall–Kier alpha value is -2.56. The maximum absolute atomic E-state index is 10.8. The third-order valence-corrected chi connectivity index (χ3v) is 2.83. The lowest BCUT2D eigenvalue weighted by molar-refractivity contribution is 0.0652. The van der Waals surface area contributed by atoms with Gasteiger partial charge in [-0.15, -0.1) is 0 Å². The van der Waals surface area contributed by atoms with Crippen LogP contribution in [0.5, 0.6) is 0 Å². The summed E-state index contributed by atoms with van der Waals surface area (Å²) in [6.45, 7) is 2.01. The molecule has 3 rings (SSSR count). The molecule has 0 amide bonds. The fourth-order valence-electron chi connectivity index (χ4n) is 1.95. The van der Waals surface area contributed by atoms with Crippen LogP contribution in [0.25, 0.3) is 22.2 Å². The molecule has 0 atom stereocenters. The Labute approximate surface area is 102 Å². The van der Waals surface area contributed by atoms with Crippen molar-refractivity contribution in [1.82, 2.24) is 10.1 Å². The Kier molecular flexibility index (Phi) is 2.19. The number of fused-ring (bicyclic) bond motifs is 1. The van der Waals surface area contributed by atoms with Gasteiger partial charge in [0.15, 0.2) is 0 Å². The fraction of sp³-hybridized carbons (Fsp3) is 0.0769. The Balaban J connectivity index is 2.16. The van der Waals surface area contributed by atoms with Crippen LogP contribution in [-0.4, -0.2) is 21.2 Å². The lowest BCUT2D eigenvalue weighted by Crippen LogP contribution is -1.91. The zero-order valence-corrected chi connectivity index (χ0v) is 9.60. The second-order valence-corrected chi connectivity index (χ2v) is 4.13. The number of hydrogen-bond acceptors (Lipinski definition) is 3. The van der Waals surface area contributed by atoms with E-state index in [2.05, 4.69) is 10.1 Å². The van der Waals surface area contributed by atoms with Crippen molar-refractivity contribution < 1.29 is 14.4 Å². The number of rotatable bonds is 2. The first-order valence-electron chi connectivity index (χ1n) is 5.43. The summed E-state index contributed by atoms with van der Waals surface area (Å²) in [7, 11) is 0. The molecule has 2 N–H and O–H groups in total. The highest BCUT2D eigenvalue weighted by Gasteiger charge is 2.14. The van der Waals surface area contributed by atoms with Gasteiger partial charge in [-0.05, 0) is 18.6 Å². The van der Waals surface area contributed by atoms with E-state index in [1.54, 1.807) is 6.20 Å². The topological polar surface area (TPSA) is 79.1 Å². The van der Waals surface area contributed by atoms with E-state index in [9.17, 15) is 4.79 Å². The van der Waals surface area contributed by atoms with E-state index >= 15 is 0 Å². The molecule has 2 heterocycles. The van der Waals surface area contributed by atoms with E-state index in [-0.39, 0.29) is 5.76 Å². The minimum absolute atomic E-state index is 0.161. The molecular weight excluding hydrogens is 232 g/mol. The fourth-order valence-corrected chi connectivity index (χ4v) is 1.95. The minimum Gasteiger partial charge on any atom is -0.475 e. The van der Waals surface area contributed by atoms with Gasteiger partial charge in [0.25, 0.3) is 0 Å². The third kappa shape index (κ3) is 1.57. The normalized spacial score (nSPS) is 10.9. The van der Waals surface area contributed by atoms with Gasteiger partial charge in [-0.3, -0.25) is 0 Å². The number of aromatic nitrogens is 2. The molecule has 5 nitrogen and oxygen atoms in total. The molecule has 5 heteroatoms. The molecule has 0 saturated carbocycles. The summed E-state index contributed by atoms with van der Waals surface area (Å²) >= 11 is 0. The van der Waals surface area contributed by atoms with Gasteiger partial charge in [-0.1, -0.05) is 17.3 Å². The molecule has 0 spiro atoms. The largest absolute Gasteiger partial charge is 0.475 e. The molecule has 0 aliphatic heterocycles. The SMILES string of the molecule is Cc1ccc2c(-c3cc(C(=O)O)on3)c[nH]c2c1. The molecular formula is C13H10N2O3. The smallest absolute Gasteiger partial charge is 0.374 e.